The molecule has 1 fully saturated rings. The topological polar surface area (TPSA) is 55.6 Å². The zero-order chi connectivity index (χ0) is 17.1. The molecule has 1 amide bonds. The Morgan fingerprint density at radius 2 is 1.76 bits per heavy atom. The molecule has 0 unspecified atom stereocenters. The van der Waals surface area contributed by atoms with Gasteiger partial charge in [-0.3, -0.25) is 4.79 Å². The smallest absolute Gasteiger partial charge is 0.276 e. The highest BCUT2D eigenvalue weighted by atomic mass is 16.5. The molecule has 1 aliphatic heterocycles. The SMILES string of the molecule is O=C(c1coc(-c2ccccc2)n1)N1CCOC[C@@H]1c1ccccc1. The van der Waals surface area contributed by atoms with Crippen molar-refractivity contribution in [2.75, 3.05) is 19.8 Å². The number of amides is 1. The van der Waals surface area contributed by atoms with Crippen LogP contribution in [0, 0.1) is 0 Å². The Bertz CT molecular complexity index is 846. The number of aromatic nitrogens is 1. The van der Waals surface area contributed by atoms with Crippen molar-refractivity contribution in [2.45, 2.75) is 6.04 Å². The maximum Gasteiger partial charge on any atom is 0.276 e. The lowest BCUT2D eigenvalue weighted by Crippen LogP contribution is -2.43. The van der Waals surface area contributed by atoms with Crippen molar-refractivity contribution >= 4 is 5.91 Å². The lowest BCUT2D eigenvalue weighted by atomic mass is 10.0. The zero-order valence-corrected chi connectivity index (χ0v) is 13.7. The molecule has 1 aliphatic rings. The van der Waals surface area contributed by atoms with Gasteiger partial charge < -0.3 is 14.1 Å². The van der Waals surface area contributed by atoms with Crippen molar-refractivity contribution in [2.24, 2.45) is 0 Å². The van der Waals surface area contributed by atoms with Gasteiger partial charge in [0.2, 0.25) is 5.89 Å². The largest absolute Gasteiger partial charge is 0.444 e. The monoisotopic (exact) mass is 334 g/mol. The average Bonchev–Trinajstić information content (AvgIpc) is 3.19. The molecule has 4 rings (SSSR count). The van der Waals surface area contributed by atoms with Gasteiger partial charge in [0, 0.05) is 12.1 Å². The van der Waals surface area contributed by atoms with Gasteiger partial charge in [0.15, 0.2) is 5.69 Å². The van der Waals surface area contributed by atoms with E-state index >= 15 is 0 Å². The van der Waals surface area contributed by atoms with Gasteiger partial charge in [0.25, 0.3) is 5.91 Å². The summed E-state index contributed by atoms with van der Waals surface area (Å²) >= 11 is 0. The molecule has 2 aromatic carbocycles. The van der Waals surface area contributed by atoms with E-state index in [4.69, 9.17) is 9.15 Å². The Morgan fingerprint density at radius 1 is 1.04 bits per heavy atom. The summed E-state index contributed by atoms with van der Waals surface area (Å²) in [5.41, 5.74) is 2.23. The molecule has 0 bridgehead atoms. The first-order valence-corrected chi connectivity index (χ1v) is 8.27. The van der Waals surface area contributed by atoms with Crippen molar-refractivity contribution < 1.29 is 13.9 Å². The van der Waals surface area contributed by atoms with E-state index in [2.05, 4.69) is 4.98 Å². The lowest BCUT2D eigenvalue weighted by molar-refractivity contribution is -0.00300. The van der Waals surface area contributed by atoms with Crippen LogP contribution in [0.5, 0.6) is 0 Å². The molecular weight excluding hydrogens is 316 g/mol. The van der Waals surface area contributed by atoms with Gasteiger partial charge in [-0.25, -0.2) is 4.98 Å². The number of rotatable bonds is 3. The van der Waals surface area contributed by atoms with Gasteiger partial charge in [-0.1, -0.05) is 48.5 Å². The molecule has 3 aromatic rings. The van der Waals surface area contributed by atoms with Crippen LogP contribution in [0.15, 0.2) is 71.3 Å². The number of ether oxygens (including phenoxy) is 1. The predicted octanol–water partition coefficient (Wildman–Crippen LogP) is 3.56. The van der Waals surface area contributed by atoms with E-state index in [1.165, 1.54) is 6.26 Å². The van der Waals surface area contributed by atoms with Crippen molar-refractivity contribution in [3.05, 3.63) is 78.2 Å². The minimum atomic E-state index is -0.136. The second-order valence-electron chi connectivity index (χ2n) is 5.90. The number of carbonyl (C=O) groups is 1. The highest BCUT2D eigenvalue weighted by molar-refractivity contribution is 5.92. The van der Waals surface area contributed by atoms with Crippen molar-refractivity contribution in [1.82, 2.24) is 9.88 Å². The minimum Gasteiger partial charge on any atom is -0.444 e. The Morgan fingerprint density at radius 3 is 2.52 bits per heavy atom. The Hall–Kier alpha value is -2.92. The van der Waals surface area contributed by atoms with Crippen molar-refractivity contribution in [3.8, 4) is 11.5 Å². The van der Waals surface area contributed by atoms with Crippen LogP contribution >= 0.6 is 0 Å². The van der Waals surface area contributed by atoms with Gasteiger partial charge >= 0.3 is 0 Å². The molecule has 0 radical (unpaired) electrons. The molecule has 2 heterocycles. The molecule has 126 valence electrons. The van der Waals surface area contributed by atoms with Gasteiger partial charge in [-0.15, -0.1) is 0 Å². The second kappa shape index (κ2) is 6.91. The molecule has 5 nitrogen and oxygen atoms in total. The number of hydrogen-bond donors (Lipinski definition) is 0. The fourth-order valence-electron chi connectivity index (χ4n) is 3.03. The summed E-state index contributed by atoms with van der Waals surface area (Å²) in [5.74, 6) is 0.316. The summed E-state index contributed by atoms with van der Waals surface area (Å²) in [6, 6.07) is 19.4. The van der Waals surface area contributed by atoms with Crippen molar-refractivity contribution in [1.29, 1.82) is 0 Å². The molecule has 1 atom stereocenters. The highest BCUT2D eigenvalue weighted by Gasteiger charge is 2.30. The molecule has 0 saturated carbocycles. The van der Waals surface area contributed by atoms with Crippen LogP contribution in [0.1, 0.15) is 22.1 Å². The second-order valence-corrected chi connectivity index (χ2v) is 5.90. The summed E-state index contributed by atoms with van der Waals surface area (Å²) in [6.45, 7) is 1.55. The average molecular weight is 334 g/mol. The first-order chi connectivity index (χ1) is 12.3. The van der Waals surface area contributed by atoms with E-state index in [-0.39, 0.29) is 11.9 Å². The summed E-state index contributed by atoms with van der Waals surface area (Å²) in [6.07, 6.45) is 1.43. The third-order valence-electron chi connectivity index (χ3n) is 4.32. The number of morpholine rings is 1. The van der Waals surface area contributed by atoms with Gasteiger partial charge in [0.05, 0.1) is 19.3 Å². The number of oxazole rings is 1. The first-order valence-electron chi connectivity index (χ1n) is 8.27. The van der Waals surface area contributed by atoms with Gasteiger partial charge in [0.1, 0.15) is 6.26 Å². The molecule has 1 saturated heterocycles. The lowest BCUT2D eigenvalue weighted by Gasteiger charge is -2.35. The summed E-state index contributed by atoms with van der Waals surface area (Å²) in [4.78, 5) is 19.2. The van der Waals surface area contributed by atoms with Gasteiger partial charge in [-0.05, 0) is 17.7 Å². The molecule has 5 heteroatoms. The Kier molecular flexibility index (Phi) is 4.31. The van der Waals surface area contributed by atoms with E-state index in [9.17, 15) is 4.79 Å². The van der Waals surface area contributed by atoms with Crippen molar-refractivity contribution in [3.63, 3.8) is 0 Å². The standard InChI is InChI=1S/C20H18N2O3/c23-20(17-13-25-19(21-17)16-9-5-2-6-10-16)22-11-12-24-14-18(22)15-7-3-1-4-8-15/h1-10,13,18H,11-12,14H2/t18-/m1/s1. The zero-order valence-electron chi connectivity index (χ0n) is 13.7. The minimum absolute atomic E-state index is 0.112. The fourth-order valence-corrected chi connectivity index (χ4v) is 3.03. The van der Waals surface area contributed by atoms with Crippen LogP contribution < -0.4 is 0 Å². The first kappa shape index (κ1) is 15.6. The molecule has 1 aromatic heterocycles. The number of benzene rings is 2. The summed E-state index contributed by atoms with van der Waals surface area (Å²) < 4.78 is 11.1. The predicted molar refractivity (Wildman–Crippen MR) is 93.0 cm³/mol. The Balaban J connectivity index is 1.60. The third kappa shape index (κ3) is 3.19. The molecule has 0 N–H and O–H groups in total. The van der Waals surface area contributed by atoms with E-state index in [0.717, 1.165) is 11.1 Å². The summed E-state index contributed by atoms with van der Waals surface area (Å²) in [5, 5.41) is 0. The normalized spacial score (nSPS) is 17.4. The third-order valence-corrected chi connectivity index (χ3v) is 4.32. The van der Waals surface area contributed by atoms with E-state index in [1.807, 2.05) is 65.6 Å². The molecular formula is C20H18N2O3. The quantitative estimate of drug-likeness (QED) is 0.735. The van der Waals surface area contributed by atoms with E-state index in [0.29, 0.717) is 31.3 Å². The number of hydrogen-bond acceptors (Lipinski definition) is 4. The Labute approximate surface area is 145 Å². The van der Waals surface area contributed by atoms with E-state index < -0.39 is 0 Å². The highest BCUT2D eigenvalue weighted by Crippen LogP contribution is 2.26. The van der Waals surface area contributed by atoms with Crippen LogP contribution in [0.2, 0.25) is 0 Å². The molecule has 25 heavy (non-hydrogen) atoms. The maximum atomic E-state index is 13.0. The van der Waals surface area contributed by atoms with E-state index in [1.54, 1.807) is 0 Å². The van der Waals surface area contributed by atoms with Crippen LogP contribution in [0.4, 0.5) is 0 Å². The fraction of sp³-hybridized carbons (Fsp3) is 0.200. The molecule has 0 aliphatic carbocycles. The van der Waals surface area contributed by atoms with Crippen LogP contribution in [-0.2, 0) is 4.74 Å². The van der Waals surface area contributed by atoms with Crippen LogP contribution in [0.25, 0.3) is 11.5 Å². The number of carbonyl (C=O) groups excluding carboxylic acids is 1. The van der Waals surface area contributed by atoms with Crippen LogP contribution in [-0.4, -0.2) is 35.5 Å². The summed E-state index contributed by atoms with van der Waals surface area (Å²) in [7, 11) is 0. The maximum absolute atomic E-state index is 13.0. The molecule has 0 spiro atoms. The van der Waals surface area contributed by atoms with Gasteiger partial charge in [-0.2, -0.15) is 0 Å². The number of nitrogens with zero attached hydrogens (tertiary/aromatic N) is 2. The van der Waals surface area contributed by atoms with Crippen LogP contribution in [0.3, 0.4) is 0 Å².